The van der Waals surface area contributed by atoms with Gasteiger partial charge in [0, 0.05) is 21.3 Å². The zero-order chi connectivity index (χ0) is 13.0. The molecule has 18 heavy (non-hydrogen) atoms. The maximum atomic E-state index is 12.0. The molecule has 0 saturated carbocycles. The second-order valence-electron chi connectivity index (χ2n) is 3.80. The molecule has 3 nitrogen and oxygen atoms in total. The first-order valence-electron chi connectivity index (χ1n) is 5.37. The molecule has 0 spiro atoms. The lowest BCUT2D eigenvalue weighted by Crippen LogP contribution is -2.37. The molecule has 0 radical (unpaired) electrons. The van der Waals surface area contributed by atoms with Crippen LogP contribution < -0.4 is 4.57 Å². The quantitative estimate of drug-likeness (QED) is 0.485. The van der Waals surface area contributed by atoms with E-state index >= 15 is 0 Å². The van der Waals surface area contributed by atoms with Gasteiger partial charge < -0.3 is 0 Å². The van der Waals surface area contributed by atoms with Crippen LogP contribution in [0.5, 0.6) is 0 Å². The number of halogens is 1. The van der Waals surface area contributed by atoms with E-state index in [0.717, 1.165) is 3.57 Å². The van der Waals surface area contributed by atoms with Crippen LogP contribution in [0.25, 0.3) is 0 Å². The van der Waals surface area contributed by atoms with Crippen molar-refractivity contribution in [3.05, 3.63) is 63.5 Å². The third-order valence-electron chi connectivity index (χ3n) is 2.51. The van der Waals surface area contributed by atoms with Crippen molar-refractivity contribution in [3.8, 4) is 6.07 Å². The summed E-state index contributed by atoms with van der Waals surface area (Å²) in [6.45, 7) is 0.284. The van der Waals surface area contributed by atoms with E-state index in [1.807, 2.05) is 30.3 Å². The number of hydrogen-bond acceptors (Lipinski definition) is 2. The van der Waals surface area contributed by atoms with Gasteiger partial charge in [0.25, 0.3) is 0 Å². The molecule has 0 bridgehead atoms. The summed E-state index contributed by atoms with van der Waals surface area (Å²) in [5.41, 5.74) is 1.29. The van der Waals surface area contributed by atoms with Gasteiger partial charge in [-0.25, -0.2) is 0 Å². The molecular formula is C14H10IN2O+. The van der Waals surface area contributed by atoms with Gasteiger partial charge in [-0.1, -0.05) is 12.1 Å². The molecule has 0 fully saturated rings. The van der Waals surface area contributed by atoms with Crippen LogP contribution in [-0.4, -0.2) is 5.78 Å². The monoisotopic (exact) mass is 349 g/mol. The van der Waals surface area contributed by atoms with Crippen molar-refractivity contribution in [3.63, 3.8) is 0 Å². The average molecular weight is 349 g/mol. The van der Waals surface area contributed by atoms with Crippen molar-refractivity contribution in [1.82, 2.24) is 0 Å². The fourth-order valence-corrected chi connectivity index (χ4v) is 1.89. The lowest BCUT2D eigenvalue weighted by atomic mass is 10.1. The van der Waals surface area contributed by atoms with Gasteiger partial charge in [0.15, 0.2) is 12.4 Å². The van der Waals surface area contributed by atoms with E-state index in [1.54, 1.807) is 29.1 Å². The van der Waals surface area contributed by atoms with Gasteiger partial charge in [0.05, 0.1) is 11.6 Å². The second-order valence-corrected chi connectivity index (χ2v) is 5.05. The molecule has 0 aliphatic rings. The fourth-order valence-electron chi connectivity index (χ4n) is 1.53. The Balaban J connectivity index is 2.11. The molecule has 0 aliphatic carbocycles. The standard InChI is InChI=1S/C14H10IN2O/c15-13-3-1-12(2-4-13)14(18)10-17-7-5-11(9-16)6-8-17/h1-8H,10H2/q+1. The van der Waals surface area contributed by atoms with Crippen molar-refractivity contribution in [2.75, 3.05) is 0 Å². The first-order chi connectivity index (χ1) is 8.69. The number of hydrogen-bond donors (Lipinski definition) is 0. The van der Waals surface area contributed by atoms with E-state index in [4.69, 9.17) is 5.26 Å². The molecule has 2 rings (SSSR count). The molecule has 0 N–H and O–H groups in total. The highest BCUT2D eigenvalue weighted by Gasteiger charge is 2.11. The van der Waals surface area contributed by atoms with Gasteiger partial charge in [0.2, 0.25) is 12.3 Å². The molecule has 1 heterocycles. The zero-order valence-electron chi connectivity index (χ0n) is 9.51. The lowest BCUT2D eigenvalue weighted by molar-refractivity contribution is -0.683. The Kier molecular flexibility index (Phi) is 4.05. The van der Waals surface area contributed by atoms with Gasteiger partial charge in [0.1, 0.15) is 0 Å². The number of carbonyl (C=O) groups excluding carboxylic acids is 1. The maximum absolute atomic E-state index is 12.0. The summed E-state index contributed by atoms with van der Waals surface area (Å²) in [5.74, 6) is 0.0566. The van der Waals surface area contributed by atoms with E-state index in [0.29, 0.717) is 11.1 Å². The highest BCUT2D eigenvalue weighted by Crippen LogP contribution is 2.07. The number of nitrogens with zero attached hydrogens (tertiary/aromatic N) is 2. The summed E-state index contributed by atoms with van der Waals surface area (Å²) < 4.78 is 2.87. The molecule has 0 amide bonds. The smallest absolute Gasteiger partial charge is 0.227 e. The Morgan fingerprint density at radius 3 is 2.33 bits per heavy atom. The minimum Gasteiger partial charge on any atom is -0.287 e. The van der Waals surface area contributed by atoms with Crippen molar-refractivity contribution < 1.29 is 9.36 Å². The molecule has 1 aromatic carbocycles. The summed E-state index contributed by atoms with van der Waals surface area (Å²) in [4.78, 5) is 12.0. The third-order valence-corrected chi connectivity index (χ3v) is 3.23. The Bertz CT molecular complexity index is 597. The van der Waals surface area contributed by atoms with Gasteiger partial charge >= 0.3 is 0 Å². The number of pyridine rings is 1. The summed E-state index contributed by atoms with van der Waals surface area (Å²) in [6, 6.07) is 12.9. The SMILES string of the molecule is N#Cc1cc[n+](CC(=O)c2ccc(I)cc2)cc1. The number of rotatable bonds is 3. The Labute approximate surface area is 119 Å². The largest absolute Gasteiger partial charge is 0.287 e. The van der Waals surface area contributed by atoms with E-state index in [2.05, 4.69) is 22.6 Å². The van der Waals surface area contributed by atoms with Crippen molar-refractivity contribution in [2.24, 2.45) is 0 Å². The van der Waals surface area contributed by atoms with E-state index in [-0.39, 0.29) is 12.3 Å². The summed E-state index contributed by atoms with van der Waals surface area (Å²) in [5, 5.41) is 8.69. The van der Waals surface area contributed by atoms with Crippen LogP contribution in [0.15, 0.2) is 48.8 Å². The lowest BCUT2D eigenvalue weighted by Gasteiger charge is -1.98. The first kappa shape index (κ1) is 12.7. The van der Waals surface area contributed by atoms with Crippen LogP contribution in [0.3, 0.4) is 0 Å². The van der Waals surface area contributed by atoms with Gasteiger partial charge in [-0.3, -0.25) is 4.79 Å². The highest BCUT2D eigenvalue weighted by atomic mass is 127. The van der Waals surface area contributed by atoms with E-state index in [9.17, 15) is 4.79 Å². The van der Waals surface area contributed by atoms with Gasteiger partial charge in [-0.15, -0.1) is 0 Å². The second kappa shape index (κ2) is 5.74. The molecule has 0 saturated heterocycles. The molecule has 88 valence electrons. The van der Waals surface area contributed by atoms with Crippen LogP contribution >= 0.6 is 22.6 Å². The first-order valence-corrected chi connectivity index (χ1v) is 6.45. The van der Waals surface area contributed by atoms with Crippen LogP contribution in [0, 0.1) is 14.9 Å². The minimum atomic E-state index is 0.0566. The zero-order valence-corrected chi connectivity index (χ0v) is 11.7. The number of ketones is 1. The highest BCUT2D eigenvalue weighted by molar-refractivity contribution is 14.1. The van der Waals surface area contributed by atoms with Crippen molar-refractivity contribution in [1.29, 1.82) is 5.26 Å². The molecule has 4 heteroatoms. The van der Waals surface area contributed by atoms with Gasteiger partial charge in [-0.05, 0) is 34.7 Å². The molecular weight excluding hydrogens is 339 g/mol. The van der Waals surface area contributed by atoms with Crippen LogP contribution in [0.1, 0.15) is 15.9 Å². The Hall–Kier alpha value is -1.74. The summed E-state index contributed by atoms with van der Waals surface area (Å²) in [6.07, 6.45) is 3.48. The average Bonchev–Trinajstić information content (AvgIpc) is 2.40. The maximum Gasteiger partial charge on any atom is 0.227 e. The number of aromatic nitrogens is 1. The van der Waals surface area contributed by atoms with Crippen molar-refractivity contribution >= 4 is 28.4 Å². The molecule has 0 unspecified atom stereocenters. The van der Waals surface area contributed by atoms with Gasteiger partial charge in [-0.2, -0.15) is 9.83 Å². The number of Topliss-reactive ketones (excluding diaryl/α,β-unsaturated/α-hetero) is 1. The summed E-state index contributed by atoms with van der Waals surface area (Å²) >= 11 is 2.20. The number of carbonyl (C=O) groups is 1. The summed E-state index contributed by atoms with van der Waals surface area (Å²) in [7, 11) is 0. The van der Waals surface area contributed by atoms with Crippen LogP contribution in [-0.2, 0) is 6.54 Å². The topological polar surface area (TPSA) is 44.7 Å². The predicted molar refractivity (Wildman–Crippen MR) is 74.8 cm³/mol. The minimum absolute atomic E-state index is 0.0566. The molecule has 0 aliphatic heterocycles. The van der Waals surface area contributed by atoms with E-state index in [1.165, 1.54) is 0 Å². The molecule has 1 aromatic heterocycles. The number of nitriles is 1. The Morgan fingerprint density at radius 1 is 1.17 bits per heavy atom. The van der Waals surface area contributed by atoms with Crippen molar-refractivity contribution in [2.45, 2.75) is 6.54 Å². The molecule has 2 aromatic rings. The fraction of sp³-hybridized carbons (Fsp3) is 0.0714. The molecule has 0 atom stereocenters. The predicted octanol–water partition coefficient (Wildman–Crippen LogP) is 2.33. The normalized spacial score (nSPS) is 9.78. The Morgan fingerprint density at radius 2 is 1.78 bits per heavy atom. The number of benzene rings is 1. The van der Waals surface area contributed by atoms with E-state index < -0.39 is 0 Å². The third kappa shape index (κ3) is 3.14. The van der Waals surface area contributed by atoms with Crippen LogP contribution in [0.2, 0.25) is 0 Å². The van der Waals surface area contributed by atoms with Crippen LogP contribution in [0.4, 0.5) is 0 Å².